The van der Waals surface area contributed by atoms with Crippen LogP contribution in [-0.4, -0.2) is 62.1 Å². The number of Topliss-reactive ketones (excluding diaryl/α,β-unsaturated/α-hetero) is 1. The van der Waals surface area contributed by atoms with Gasteiger partial charge in [-0.3, -0.25) is 9.59 Å². The Hall–Kier alpha value is 0.418. The third-order valence-corrected chi connectivity index (χ3v) is 8.43. The quantitative estimate of drug-likeness (QED) is 0.207. The Morgan fingerprint density at radius 1 is 1.24 bits per heavy atom. The Kier molecular flexibility index (Phi) is 7.69. The van der Waals surface area contributed by atoms with Crippen LogP contribution in [0.5, 0.6) is 0 Å². The Morgan fingerprint density at radius 3 is 2.36 bits per heavy atom. The standard InChI is InChI=1S/C21H27FO6.Mo.2H2S.2S/c1-18-6-5-12(24)7-11(18)3-4-13-14-8-15(25)21(28,17(27)10-23)19(14,2)9-16(26)20(13,18)22;;;;;/h5-7,13-16,23,25-26,28H,3-4,8-10H2,1-2H3;;2*1H2;;/q;+2;;;;/p-2/t13-,14-,15+,16-,18-,19-,20-,21-;;;;;/m0...../s1. The molecule has 0 amide bonds. The van der Waals surface area contributed by atoms with Crippen LogP contribution in [0.15, 0.2) is 23.8 Å². The summed E-state index contributed by atoms with van der Waals surface area (Å²) in [6.45, 7) is 2.33. The fraction of sp³-hybridized carbons (Fsp3) is 0.714. The van der Waals surface area contributed by atoms with Crippen molar-refractivity contribution in [2.45, 2.75) is 63.0 Å². The van der Waals surface area contributed by atoms with Gasteiger partial charge in [-0.1, -0.05) is 18.6 Å². The maximum atomic E-state index is 16.8. The monoisotopic (exact) mass is 622 g/mol. The van der Waals surface area contributed by atoms with Crippen LogP contribution in [-0.2, 0) is 19.5 Å². The van der Waals surface area contributed by atoms with Gasteiger partial charge < -0.3 is 20.4 Å². The van der Waals surface area contributed by atoms with Crippen LogP contribution in [0.4, 0.5) is 4.39 Å². The van der Waals surface area contributed by atoms with Gasteiger partial charge in [-0.2, -0.15) is 0 Å². The fourth-order valence-corrected chi connectivity index (χ4v) is 6.85. The summed E-state index contributed by atoms with van der Waals surface area (Å²) in [6, 6.07) is 0. The summed E-state index contributed by atoms with van der Waals surface area (Å²) in [5.74, 6) is -2.38. The minimum atomic E-state index is -2.46. The summed E-state index contributed by atoms with van der Waals surface area (Å²) >= 11 is 0. The molecular weight excluding hydrogens is 591 g/mol. The third kappa shape index (κ3) is 4.21. The molecule has 0 aliphatic heterocycles. The summed E-state index contributed by atoms with van der Waals surface area (Å²) in [4.78, 5) is 24.2. The van der Waals surface area contributed by atoms with Gasteiger partial charge in [0.25, 0.3) is 0 Å². The van der Waals surface area contributed by atoms with Gasteiger partial charge in [0.05, 0.1) is 12.2 Å². The van der Waals surface area contributed by atoms with E-state index in [-0.39, 0.29) is 18.6 Å². The average molecular weight is 621 g/mol. The number of allylic oxidation sites excluding steroid dienone is 4. The molecule has 8 atom stereocenters. The number of alkyl halides is 1. The van der Waals surface area contributed by atoms with Crippen molar-refractivity contribution in [3.63, 3.8) is 0 Å². The van der Waals surface area contributed by atoms with Crippen molar-refractivity contribution in [3.05, 3.63) is 23.8 Å². The van der Waals surface area contributed by atoms with Crippen molar-refractivity contribution in [1.82, 2.24) is 0 Å². The normalized spacial score (nSPS) is 46.3. The van der Waals surface area contributed by atoms with Gasteiger partial charge >= 0.3 is 50.2 Å². The minimum absolute atomic E-state index is 0.0135. The van der Waals surface area contributed by atoms with Gasteiger partial charge in [-0.15, -0.1) is 0 Å². The molecule has 4 rings (SSSR count). The topological polar surface area (TPSA) is 115 Å². The number of carbonyl (C=O) groups is 2. The Bertz CT molecular complexity index is 1030. The molecule has 0 bridgehead atoms. The van der Waals surface area contributed by atoms with E-state index >= 15 is 4.39 Å². The predicted octanol–water partition coefficient (Wildman–Crippen LogP) is 2.68. The second-order valence-electron chi connectivity index (χ2n) is 9.81. The molecule has 4 N–H and O–H groups in total. The van der Waals surface area contributed by atoms with E-state index in [9.17, 15) is 30.0 Å². The van der Waals surface area contributed by atoms with E-state index in [1.165, 1.54) is 18.2 Å². The second-order valence-corrected chi connectivity index (χ2v) is 33.2. The number of aliphatic hydroxyl groups excluding tert-OH is 3. The van der Waals surface area contributed by atoms with E-state index in [4.69, 9.17) is 0 Å². The van der Waals surface area contributed by atoms with Gasteiger partial charge in [-0.25, -0.2) is 4.39 Å². The molecule has 33 heavy (non-hydrogen) atoms. The van der Waals surface area contributed by atoms with E-state index < -0.39 is 68.4 Å². The molecule has 4 aliphatic carbocycles. The molecule has 0 saturated heterocycles. The predicted molar refractivity (Wildman–Crippen MR) is 130 cm³/mol. The number of aliphatic hydroxyl groups is 4. The van der Waals surface area contributed by atoms with Gasteiger partial charge in [0, 0.05) is 16.7 Å². The Balaban J connectivity index is 0.000000555. The van der Waals surface area contributed by atoms with Crippen molar-refractivity contribution >= 4 is 51.9 Å². The van der Waals surface area contributed by atoms with Crippen LogP contribution in [0.3, 0.4) is 0 Å². The van der Waals surface area contributed by atoms with Gasteiger partial charge in [0.1, 0.15) is 6.61 Å². The van der Waals surface area contributed by atoms with E-state index in [2.05, 4.69) is 40.3 Å². The van der Waals surface area contributed by atoms with Crippen LogP contribution < -0.4 is 0 Å². The number of rotatable bonds is 2. The first-order valence-corrected chi connectivity index (χ1v) is 22.2. The Morgan fingerprint density at radius 2 is 1.82 bits per heavy atom. The molecule has 3 fully saturated rings. The van der Waals surface area contributed by atoms with Crippen molar-refractivity contribution in [2.24, 2.45) is 22.7 Å². The van der Waals surface area contributed by atoms with Crippen LogP contribution in [0.25, 0.3) is 0 Å². The molecule has 4 aliphatic rings. The van der Waals surface area contributed by atoms with Crippen LogP contribution in [0.1, 0.15) is 39.5 Å². The van der Waals surface area contributed by atoms with Crippen LogP contribution >= 0.6 is 40.3 Å². The maximum absolute atomic E-state index is 16.8. The van der Waals surface area contributed by atoms with Gasteiger partial charge in [-0.05, 0) is 50.7 Å². The molecule has 0 heterocycles. The second kappa shape index (κ2) is 9.06. The molecule has 3 saturated carbocycles. The molecule has 12 heteroatoms. The summed E-state index contributed by atoms with van der Waals surface area (Å²) in [6.07, 6.45) is 1.93. The first kappa shape index (κ1) is 28.0. The van der Waals surface area contributed by atoms with Crippen LogP contribution in [0.2, 0.25) is 0 Å². The van der Waals surface area contributed by atoms with Crippen molar-refractivity contribution in [2.75, 3.05) is 6.61 Å². The van der Waals surface area contributed by atoms with E-state index in [1.807, 2.05) is 0 Å². The first-order valence-electron chi connectivity index (χ1n) is 10.5. The molecule has 0 spiro atoms. The molecular formula is C21H29FMoO6S4. The molecule has 0 radical (unpaired) electrons. The van der Waals surface area contributed by atoms with Crippen LogP contribution in [0, 0.1) is 22.7 Å². The molecule has 186 valence electrons. The summed E-state index contributed by atoms with van der Waals surface area (Å²) in [5, 5.41) is 42.1. The van der Waals surface area contributed by atoms with Crippen molar-refractivity contribution in [1.29, 1.82) is 0 Å². The number of thiol groups is 2. The zero-order valence-corrected chi connectivity index (χ0v) is 23.6. The molecule has 0 aromatic carbocycles. The molecule has 6 nitrogen and oxygen atoms in total. The summed E-state index contributed by atoms with van der Waals surface area (Å²) < 4.78 is 16.8. The zero-order valence-electron chi connectivity index (χ0n) is 18.2. The average Bonchev–Trinajstić information content (AvgIpc) is 2.89. The summed E-state index contributed by atoms with van der Waals surface area (Å²) in [7, 11) is 14.3. The fourth-order valence-electron chi connectivity index (χ4n) is 6.85. The number of fused-ring (bicyclic) bond motifs is 5. The van der Waals surface area contributed by atoms with E-state index in [0.29, 0.717) is 18.4 Å². The molecule has 0 aromatic heterocycles. The number of carbonyl (C=O) groups excluding carboxylic acids is 2. The third-order valence-electron chi connectivity index (χ3n) is 8.43. The molecule has 0 unspecified atom stereocenters. The number of hydrogen-bond donors (Lipinski definition) is 6. The van der Waals surface area contributed by atoms with Crippen molar-refractivity contribution in [3.8, 4) is 0 Å². The first-order chi connectivity index (χ1) is 15.0. The SMILES string of the molecule is C[C@]12C=CC(=O)C=C1CC[C@H]1[C@@H]3C[C@@H](O)[C@](O)(C(=O)CO)[C@@]3(C)C[C@H](O)[C@@]12F.[S]=[Mo](=[S])([SH])[SH]. The van der Waals surface area contributed by atoms with E-state index in [0.717, 1.165) is 0 Å². The molecule has 0 aromatic rings. The van der Waals surface area contributed by atoms with Gasteiger partial charge in [0.15, 0.2) is 22.8 Å². The van der Waals surface area contributed by atoms with Crippen molar-refractivity contribution < 1.29 is 44.3 Å². The number of hydrogen-bond acceptors (Lipinski definition) is 8. The summed E-state index contributed by atoms with van der Waals surface area (Å²) in [5.41, 5.74) is -6.12. The Labute approximate surface area is 211 Å². The van der Waals surface area contributed by atoms with E-state index in [1.54, 1.807) is 13.8 Å². The zero-order chi connectivity index (χ0) is 25.2. The van der Waals surface area contributed by atoms with Gasteiger partial charge in [0.2, 0.25) is 0 Å². The number of halogens is 1. The number of ketones is 2.